The maximum Gasteiger partial charge on any atom is 0.253 e. The van der Waals surface area contributed by atoms with Crippen molar-refractivity contribution < 1.29 is 9.59 Å². The van der Waals surface area contributed by atoms with Gasteiger partial charge in [0.05, 0.1) is 11.3 Å². The summed E-state index contributed by atoms with van der Waals surface area (Å²) < 4.78 is 0. The third kappa shape index (κ3) is 4.59. The lowest BCUT2D eigenvalue weighted by atomic mass is 9.95. The van der Waals surface area contributed by atoms with E-state index in [1.54, 1.807) is 12.1 Å². The van der Waals surface area contributed by atoms with E-state index in [0.29, 0.717) is 17.7 Å². The van der Waals surface area contributed by atoms with Crippen LogP contribution < -0.4 is 10.6 Å². The molecule has 0 bridgehead atoms. The molecule has 1 aliphatic carbocycles. The van der Waals surface area contributed by atoms with Crippen molar-refractivity contribution in [3.8, 4) is 0 Å². The van der Waals surface area contributed by atoms with Crippen LogP contribution in [0.1, 0.15) is 62.2 Å². The molecule has 4 heteroatoms. The van der Waals surface area contributed by atoms with E-state index in [2.05, 4.69) is 10.6 Å². The van der Waals surface area contributed by atoms with E-state index in [9.17, 15) is 9.59 Å². The molecule has 2 N–H and O–H groups in total. The summed E-state index contributed by atoms with van der Waals surface area (Å²) in [6, 6.07) is 7.47. The first-order valence-electron chi connectivity index (χ1n) is 7.90. The molecule has 0 heterocycles. The van der Waals surface area contributed by atoms with E-state index in [1.165, 1.54) is 19.3 Å². The highest BCUT2D eigenvalue weighted by Crippen LogP contribution is 2.20. The molecule has 21 heavy (non-hydrogen) atoms. The zero-order valence-corrected chi connectivity index (χ0v) is 12.7. The van der Waals surface area contributed by atoms with Crippen LogP contribution in [0.5, 0.6) is 0 Å². The van der Waals surface area contributed by atoms with E-state index in [1.807, 2.05) is 19.1 Å². The van der Waals surface area contributed by atoms with Crippen LogP contribution in [0.15, 0.2) is 24.3 Å². The van der Waals surface area contributed by atoms with Crippen LogP contribution >= 0.6 is 0 Å². The Morgan fingerprint density at radius 2 is 1.86 bits per heavy atom. The van der Waals surface area contributed by atoms with Crippen molar-refractivity contribution in [2.75, 3.05) is 5.32 Å². The lowest BCUT2D eigenvalue weighted by Crippen LogP contribution is -2.36. The predicted molar refractivity (Wildman–Crippen MR) is 84.3 cm³/mol. The summed E-state index contributed by atoms with van der Waals surface area (Å²) in [7, 11) is 0. The van der Waals surface area contributed by atoms with Crippen LogP contribution in [0.4, 0.5) is 5.69 Å². The largest absolute Gasteiger partial charge is 0.349 e. The number of benzene rings is 1. The summed E-state index contributed by atoms with van der Waals surface area (Å²) in [5, 5.41) is 5.92. The van der Waals surface area contributed by atoms with Gasteiger partial charge in [-0.05, 0) is 31.4 Å². The van der Waals surface area contributed by atoms with Gasteiger partial charge in [-0.3, -0.25) is 9.59 Å². The third-order valence-electron chi connectivity index (χ3n) is 3.86. The van der Waals surface area contributed by atoms with E-state index in [0.717, 1.165) is 19.3 Å². The molecular formula is C17H24N2O2. The molecular weight excluding hydrogens is 264 g/mol. The molecule has 1 aromatic carbocycles. The minimum atomic E-state index is -0.0886. The summed E-state index contributed by atoms with van der Waals surface area (Å²) in [5.74, 6) is -0.135. The second-order valence-corrected chi connectivity index (χ2v) is 5.65. The number of para-hydroxylation sites is 1. The highest BCUT2D eigenvalue weighted by atomic mass is 16.2. The Morgan fingerprint density at radius 3 is 2.57 bits per heavy atom. The van der Waals surface area contributed by atoms with Crippen LogP contribution in [0.2, 0.25) is 0 Å². The van der Waals surface area contributed by atoms with Crippen molar-refractivity contribution in [2.45, 2.75) is 57.9 Å². The monoisotopic (exact) mass is 288 g/mol. The highest BCUT2D eigenvalue weighted by Gasteiger charge is 2.18. The Bertz CT molecular complexity index is 493. The molecule has 1 aromatic rings. The third-order valence-corrected chi connectivity index (χ3v) is 3.86. The lowest BCUT2D eigenvalue weighted by Gasteiger charge is -2.23. The Hall–Kier alpha value is -1.84. The first-order chi connectivity index (χ1) is 10.2. The van der Waals surface area contributed by atoms with Gasteiger partial charge in [0.1, 0.15) is 0 Å². The number of rotatable bonds is 5. The van der Waals surface area contributed by atoms with Crippen molar-refractivity contribution in [3.05, 3.63) is 29.8 Å². The van der Waals surface area contributed by atoms with E-state index >= 15 is 0 Å². The number of nitrogens with one attached hydrogen (secondary N) is 2. The van der Waals surface area contributed by atoms with Crippen LogP contribution in [0, 0.1) is 0 Å². The standard InChI is InChI=1S/C17H24N2O2/c1-2-8-16(20)19-15-12-7-6-11-14(15)17(21)18-13-9-4-3-5-10-13/h6-7,11-13H,2-5,8-10H2,1H3,(H,18,21)(H,19,20). The predicted octanol–water partition coefficient (Wildman–Crippen LogP) is 3.49. The number of amides is 2. The summed E-state index contributed by atoms with van der Waals surface area (Å²) in [4.78, 5) is 24.1. The molecule has 0 saturated heterocycles. The maximum absolute atomic E-state index is 12.4. The van der Waals surface area contributed by atoms with Gasteiger partial charge >= 0.3 is 0 Å². The summed E-state index contributed by atoms with van der Waals surface area (Å²) in [6.45, 7) is 1.96. The molecule has 4 nitrogen and oxygen atoms in total. The molecule has 2 rings (SSSR count). The number of anilines is 1. The number of carbonyl (C=O) groups is 2. The summed E-state index contributed by atoms with van der Waals surface area (Å²) in [5.41, 5.74) is 1.15. The average molecular weight is 288 g/mol. The Kier molecular flexibility index (Phi) is 5.78. The van der Waals surface area contributed by atoms with Gasteiger partial charge in [-0.2, -0.15) is 0 Å². The second kappa shape index (κ2) is 7.81. The lowest BCUT2D eigenvalue weighted by molar-refractivity contribution is -0.116. The van der Waals surface area contributed by atoms with Gasteiger partial charge in [0.25, 0.3) is 5.91 Å². The van der Waals surface area contributed by atoms with Gasteiger partial charge in [-0.25, -0.2) is 0 Å². The topological polar surface area (TPSA) is 58.2 Å². The van der Waals surface area contributed by atoms with Gasteiger partial charge in [0, 0.05) is 12.5 Å². The summed E-state index contributed by atoms with van der Waals surface area (Å²) >= 11 is 0. The van der Waals surface area contributed by atoms with Crippen LogP contribution in [-0.2, 0) is 4.79 Å². The Labute approximate surface area is 126 Å². The van der Waals surface area contributed by atoms with Crippen LogP contribution in [0.3, 0.4) is 0 Å². The SMILES string of the molecule is CCCC(=O)Nc1ccccc1C(=O)NC1CCCCC1. The zero-order valence-electron chi connectivity index (χ0n) is 12.7. The quantitative estimate of drug-likeness (QED) is 0.871. The Balaban J connectivity index is 2.03. The maximum atomic E-state index is 12.4. The molecule has 1 aliphatic rings. The Morgan fingerprint density at radius 1 is 1.14 bits per heavy atom. The zero-order chi connectivity index (χ0) is 15.1. The second-order valence-electron chi connectivity index (χ2n) is 5.65. The van der Waals surface area contributed by atoms with Crippen molar-refractivity contribution in [1.82, 2.24) is 5.32 Å². The van der Waals surface area contributed by atoms with Crippen LogP contribution in [0.25, 0.3) is 0 Å². The molecule has 0 aromatic heterocycles. The molecule has 0 atom stereocenters. The van der Waals surface area contributed by atoms with Crippen molar-refractivity contribution in [3.63, 3.8) is 0 Å². The van der Waals surface area contributed by atoms with E-state index in [-0.39, 0.29) is 17.9 Å². The van der Waals surface area contributed by atoms with Crippen molar-refractivity contribution in [2.24, 2.45) is 0 Å². The van der Waals surface area contributed by atoms with Gasteiger partial charge < -0.3 is 10.6 Å². The molecule has 0 unspecified atom stereocenters. The van der Waals surface area contributed by atoms with Gasteiger partial charge in [-0.1, -0.05) is 38.3 Å². The number of hydrogen-bond donors (Lipinski definition) is 2. The molecule has 114 valence electrons. The minimum absolute atomic E-state index is 0.0459. The van der Waals surface area contributed by atoms with Gasteiger partial charge in [-0.15, -0.1) is 0 Å². The normalized spacial score (nSPS) is 15.5. The van der Waals surface area contributed by atoms with Gasteiger partial charge in [0.15, 0.2) is 0 Å². The van der Waals surface area contributed by atoms with E-state index in [4.69, 9.17) is 0 Å². The fourth-order valence-electron chi connectivity index (χ4n) is 2.74. The smallest absolute Gasteiger partial charge is 0.253 e. The summed E-state index contributed by atoms with van der Waals surface area (Å²) in [6.07, 6.45) is 6.99. The highest BCUT2D eigenvalue weighted by molar-refractivity contribution is 6.03. The molecule has 0 aliphatic heterocycles. The first kappa shape index (κ1) is 15.5. The molecule has 0 spiro atoms. The first-order valence-corrected chi connectivity index (χ1v) is 7.90. The minimum Gasteiger partial charge on any atom is -0.349 e. The van der Waals surface area contributed by atoms with E-state index < -0.39 is 0 Å². The van der Waals surface area contributed by atoms with Crippen molar-refractivity contribution in [1.29, 1.82) is 0 Å². The number of hydrogen-bond acceptors (Lipinski definition) is 2. The van der Waals surface area contributed by atoms with Crippen molar-refractivity contribution >= 4 is 17.5 Å². The fraction of sp³-hybridized carbons (Fsp3) is 0.529. The molecule has 0 radical (unpaired) electrons. The molecule has 2 amide bonds. The van der Waals surface area contributed by atoms with Crippen LogP contribution in [-0.4, -0.2) is 17.9 Å². The molecule has 1 saturated carbocycles. The molecule has 1 fully saturated rings. The number of carbonyl (C=O) groups excluding carboxylic acids is 2. The fourth-order valence-corrected chi connectivity index (χ4v) is 2.74. The van der Waals surface area contributed by atoms with Gasteiger partial charge in [0.2, 0.25) is 5.91 Å². The average Bonchev–Trinajstić information content (AvgIpc) is 2.49.